The predicted octanol–water partition coefficient (Wildman–Crippen LogP) is -0.327. The molecule has 0 aliphatic heterocycles. The van der Waals surface area contributed by atoms with Gasteiger partial charge in [0.15, 0.2) is 0 Å². The van der Waals surface area contributed by atoms with Crippen molar-refractivity contribution in [1.29, 1.82) is 0 Å². The second-order valence-corrected chi connectivity index (χ2v) is 6.51. The van der Waals surface area contributed by atoms with E-state index in [1.807, 2.05) is 14.1 Å². The van der Waals surface area contributed by atoms with Crippen molar-refractivity contribution in [2.24, 2.45) is 0 Å². The lowest BCUT2D eigenvalue weighted by atomic mass is 10.1. The summed E-state index contributed by atoms with van der Waals surface area (Å²) in [5, 5.41) is 10.0. The molecule has 0 aliphatic carbocycles. The number of nitrogens with zero attached hydrogens (tertiary/aromatic N) is 2. The lowest BCUT2D eigenvalue weighted by Crippen LogP contribution is -2.47. The first-order chi connectivity index (χ1) is 8.23. The normalized spacial score (nSPS) is 15.6. The zero-order valence-corrected chi connectivity index (χ0v) is 11.6. The molecule has 0 saturated heterocycles. The van der Waals surface area contributed by atoms with E-state index in [1.165, 1.54) is 18.5 Å². The first-order valence-electron chi connectivity index (χ1n) is 5.50. The number of rotatable bonds is 6. The highest BCUT2D eigenvalue weighted by Crippen LogP contribution is 2.08. The molecule has 18 heavy (non-hydrogen) atoms. The number of nitrogens with one attached hydrogen (secondary N) is 1. The monoisotopic (exact) mass is 273 g/mol. The van der Waals surface area contributed by atoms with E-state index >= 15 is 0 Å². The maximum absolute atomic E-state index is 11.9. The molecule has 1 heterocycles. The average molecular weight is 273 g/mol. The van der Waals surface area contributed by atoms with Gasteiger partial charge in [-0.25, -0.2) is 13.1 Å². The Kier molecular flexibility index (Phi) is 4.80. The predicted molar refractivity (Wildman–Crippen MR) is 68.6 cm³/mol. The summed E-state index contributed by atoms with van der Waals surface area (Å²) in [7, 11) is -0.00106. The van der Waals surface area contributed by atoms with Crippen LogP contribution in [-0.4, -0.2) is 56.2 Å². The number of aromatic nitrogens is 1. The Morgan fingerprint density at radius 2 is 2.17 bits per heavy atom. The van der Waals surface area contributed by atoms with E-state index in [0.717, 1.165) is 0 Å². The molecule has 7 heteroatoms. The highest BCUT2D eigenvalue weighted by Gasteiger charge is 2.24. The van der Waals surface area contributed by atoms with Crippen LogP contribution in [0.15, 0.2) is 29.4 Å². The van der Waals surface area contributed by atoms with Crippen LogP contribution in [0.1, 0.15) is 6.92 Å². The zero-order chi connectivity index (χ0) is 13.8. The molecular formula is C11H19N3O3S. The molecule has 0 amide bonds. The SMILES string of the molecule is CN(C)CC(C)(O)CNS(=O)(=O)c1cccnc1. The summed E-state index contributed by atoms with van der Waals surface area (Å²) in [5.74, 6) is 0. The van der Waals surface area contributed by atoms with Crippen molar-refractivity contribution < 1.29 is 13.5 Å². The van der Waals surface area contributed by atoms with E-state index < -0.39 is 15.6 Å². The van der Waals surface area contributed by atoms with Crippen LogP contribution in [-0.2, 0) is 10.0 Å². The Hall–Kier alpha value is -1.02. The maximum Gasteiger partial charge on any atom is 0.242 e. The fourth-order valence-electron chi connectivity index (χ4n) is 1.58. The van der Waals surface area contributed by atoms with Gasteiger partial charge in [-0.1, -0.05) is 0 Å². The molecule has 1 aromatic rings. The van der Waals surface area contributed by atoms with Gasteiger partial charge in [0.25, 0.3) is 0 Å². The van der Waals surface area contributed by atoms with Gasteiger partial charge in [0, 0.05) is 25.5 Å². The molecule has 1 atom stereocenters. The first-order valence-corrected chi connectivity index (χ1v) is 6.98. The van der Waals surface area contributed by atoms with Crippen molar-refractivity contribution in [1.82, 2.24) is 14.6 Å². The zero-order valence-electron chi connectivity index (χ0n) is 10.8. The van der Waals surface area contributed by atoms with Gasteiger partial charge in [0.1, 0.15) is 4.90 Å². The van der Waals surface area contributed by atoms with Crippen molar-refractivity contribution in [2.75, 3.05) is 27.2 Å². The van der Waals surface area contributed by atoms with Crippen molar-refractivity contribution in [3.05, 3.63) is 24.5 Å². The van der Waals surface area contributed by atoms with Crippen LogP contribution in [0, 0.1) is 0 Å². The van der Waals surface area contributed by atoms with Crippen molar-refractivity contribution in [2.45, 2.75) is 17.4 Å². The lowest BCUT2D eigenvalue weighted by Gasteiger charge is -2.26. The van der Waals surface area contributed by atoms with Crippen LogP contribution in [0.4, 0.5) is 0 Å². The Balaban J connectivity index is 2.69. The van der Waals surface area contributed by atoms with Gasteiger partial charge >= 0.3 is 0 Å². The summed E-state index contributed by atoms with van der Waals surface area (Å²) < 4.78 is 26.2. The van der Waals surface area contributed by atoms with E-state index in [9.17, 15) is 13.5 Å². The van der Waals surface area contributed by atoms with E-state index in [4.69, 9.17) is 0 Å². The van der Waals surface area contributed by atoms with Crippen molar-refractivity contribution >= 4 is 10.0 Å². The Morgan fingerprint density at radius 1 is 1.50 bits per heavy atom. The maximum atomic E-state index is 11.9. The highest BCUT2D eigenvalue weighted by atomic mass is 32.2. The fraction of sp³-hybridized carbons (Fsp3) is 0.545. The van der Waals surface area contributed by atoms with E-state index in [1.54, 1.807) is 17.9 Å². The van der Waals surface area contributed by atoms with Crippen LogP contribution in [0.25, 0.3) is 0 Å². The summed E-state index contributed by atoms with van der Waals surface area (Å²) in [6.45, 7) is 1.89. The Morgan fingerprint density at radius 3 is 2.67 bits per heavy atom. The molecule has 0 radical (unpaired) electrons. The van der Waals surface area contributed by atoms with Crippen LogP contribution < -0.4 is 4.72 Å². The standard InChI is InChI=1S/C11H19N3O3S/c1-11(15,9-14(2)3)8-13-18(16,17)10-5-4-6-12-7-10/h4-7,13,15H,8-9H2,1-3H3. The third kappa shape index (κ3) is 4.69. The second kappa shape index (κ2) is 5.75. The molecule has 102 valence electrons. The number of pyridine rings is 1. The second-order valence-electron chi connectivity index (χ2n) is 4.75. The molecule has 0 spiro atoms. The van der Waals surface area contributed by atoms with Crippen molar-refractivity contribution in [3.8, 4) is 0 Å². The number of sulfonamides is 1. The summed E-state index contributed by atoms with van der Waals surface area (Å²) in [5.41, 5.74) is -1.13. The summed E-state index contributed by atoms with van der Waals surface area (Å²) in [4.78, 5) is 5.63. The minimum absolute atomic E-state index is 0.0532. The molecule has 0 saturated carbocycles. The third-order valence-electron chi connectivity index (χ3n) is 2.24. The summed E-state index contributed by atoms with van der Waals surface area (Å²) >= 11 is 0. The number of likely N-dealkylation sites (N-methyl/N-ethyl adjacent to an activating group) is 1. The molecule has 0 bridgehead atoms. The van der Waals surface area contributed by atoms with E-state index in [2.05, 4.69) is 9.71 Å². The Bertz CT molecular complexity index is 472. The third-order valence-corrected chi connectivity index (χ3v) is 3.63. The fourth-order valence-corrected chi connectivity index (χ4v) is 2.70. The van der Waals surface area contributed by atoms with Crippen LogP contribution in [0.2, 0.25) is 0 Å². The molecule has 1 unspecified atom stereocenters. The van der Waals surface area contributed by atoms with E-state index in [0.29, 0.717) is 6.54 Å². The molecule has 0 aliphatic rings. The van der Waals surface area contributed by atoms with Crippen LogP contribution >= 0.6 is 0 Å². The molecule has 0 aromatic carbocycles. The van der Waals surface area contributed by atoms with Gasteiger partial charge < -0.3 is 10.0 Å². The lowest BCUT2D eigenvalue weighted by molar-refractivity contribution is 0.0386. The van der Waals surface area contributed by atoms with Gasteiger partial charge in [-0.15, -0.1) is 0 Å². The first kappa shape index (κ1) is 15.0. The minimum Gasteiger partial charge on any atom is -0.387 e. The largest absolute Gasteiger partial charge is 0.387 e. The highest BCUT2D eigenvalue weighted by molar-refractivity contribution is 7.89. The average Bonchev–Trinajstić information content (AvgIpc) is 2.26. The smallest absolute Gasteiger partial charge is 0.242 e. The number of hydrogen-bond acceptors (Lipinski definition) is 5. The van der Waals surface area contributed by atoms with Gasteiger partial charge in [-0.3, -0.25) is 4.98 Å². The summed E-state index contributed by atoms with van der Waals surface area (Å²) in [6.07, 6.45) is 2.77. The van der Waals surface area contributed by atoms with Gasteiger partial charge in [-0.2, -0.15) is 0 Å². The van der Waals surface area contributed by atoms with Crippen molar-refractivity contribution in [3.63, 3.8) is 0 Å². The molecule has 0 fully saturated rings. The topological polar surface area (TPSA) is 82.5 Å². The Labute approximate surface area is 108 Å². The summed E-state index contributed by atoms with van der Waals surface area (Å²) in [6, 6.07) is 3.00. The quantitative estimate of drug-likeness (QED) is 0.742. The molecule has 2 N–H and O–H groups in total. The minimum atomic E-state index is -3.62. The van der Waals surface area contributed by atoms with Gasteiger partial charge in [0.05, 0.1) is 5.60 Å². The number of hydrogen-bond donors (Lipinski definition) is 2. The van der Waals surface area contributed by atoms with E-state index in [-0.39, 0.29) is 11.4 Å². The van der Waals surface area contributed by atoms with Gasteiger partial charge in [-0.05, 0) is 33.2 Å². The van der Waals surface area contributed by atoms with Crippen LogP contribution in [0.5, 0.6) is 0 Å². The number of aliphatic hydroxyl groups is 1. The van der Waals surface area contributed by atoms with Crippen LogP contribution in [0.3, 0.4) is 0 Å². The molecule has 6 nitrogen and oxygen atoms in total. The van der Waals surface area contributed by atoms with Gasteiger partial charge in [0.2, 0.25) is 10.0 Å². The molecular weight excluding hydrogens is 254 g/mol. The molecule has 1 rings (SSSR count). The molecule has 1 aromatic heterocycles.